The molecule has 0 saturated carbocycles. The van der Waals surface area contributed by atoms with Gasteiger partial charge in [0.2, 0.25) is 0 Å². The summed E-state index contributed by atoms with van der Waals surface area (Å²) in [7, 11) is 0. The van der Waals surface area contributed by atoms with Crippen molar-refractivity contribution in [3.05, 3.63) is 41.0 Å². The van der Waals surface area contributed by atoms with E-state index in [1.165, 1.54) is 29.5 Å². The highest BCUT2D eigenvalue weighted by atomic mass is 14.2. The maximum atomic E-state index is 2.24. The fourth-order valence-corrected chi connectivity index (χ4v) is 1.84. The molecule has 1 aliphatic carbocycles. The number of allylic oxidation sites excluding steroid dienone is 2. The van der Waals surface area contributed by atoms with Crippen LogP contribution in [-0.2, 0) is 6.42 Å². The number of hydrogen-bond donors (Lipinski definition) is 0. The van der Waals surface area contributed by atoms with Crippen molar-refractivity contribution in [2.45, 2.75) is 40.5 Å². The average Bonchev–Trinajstić information content (AvgIpc) is 2.27. The first-order chi connectivity index (χ1) is 6.79. The lowest BCUT2D eigenvalue weighted by Crippen LogP contribution is -2.00. The first kappa shape index (κ1) is 11.0. The molecule has 1 aliphatic rings. The van der Waals surface area contributed by atoms with E-state index in [9.17, 15) is 0 Å². The second-order valence-corrected chi connectivity index (χ2v) is 3.56. The Labute approximate surface area is 87.7 Å². The summed E-state index contributed by atoms with van der Waals surface area (Å²) in [5, 5.41) is 0. The molecule has 0 atom stereocenters. The maximum Gasteiger partial charge on any atom is -0.0196 e. The summed E-state index contributed by atoms with van der Waals surface area (Å²) in [6.07, 6.45) is 2.46. The zero-order valence-electron chi connectivity index (χ0n) is 9.72. The van der Waals surface area contributed by atoms with Gasteiger partial charge >= 0.3 is 0 Å². The van der Waals surface area contributed by atoms with Gasteiger partial charge in [0.05, 0.1) is 0 Å². The van der Waals surface area contributed by atoms with Gasteiger partial charge in [0.15, 0.2) is 0 Å². The minimum absolute atomic E-state index is 1.22. The van der Waals surface area contributed by atoms with Gasteiger partial charge in [0, 0.05) is 0 Å². The summed E-state index contributed by atoms with van der Waals surface area (Å²) in [4.78, 5) is 0. The summed E-state index contributed by atoms with van der Waals surface area (Å²) >= 11 is 0. The Balaban J connectivity index is 0.000000461. The van der Waals surface area contributed by atoms with Crippen molar-refractivity contribution in [2.75, 3.05) is 0 Å². The minimum Gasteiger partial charge on any atom is -0.0695 e. The van der Waals surface area contributed by atoms with Crippen LogP contribution in [0, 0.1) is 0 Å². The second-order valence-electron chi connectivity index (χ2n) is 3.56. The molecule has 0 aromatic heterocycles. The van der Waals surface area contributed by atoms with Crippen molar-refractivity contribution in [3.63, 3.8) is 0 Å². The molecule has 0 bridgehead atoms. The van der Waals surface area contributed by atoms with E-state index < -0.39 is 0 Å². The lowest BCUT2D eigenvalue weighted by atomic mass is 9.87. The van der Waals surface area contributed by atoms with Crippen LogP contribution in [-0.4, -0.2) is 0 Å². The summed E-state index contributed by atoms with van der Waals surface area (Å²) in [6.45, 7) is 8.47. The van der Waals surface area contributed by atoms with Gasteiger partial charge in [-0.05, 0) is 43.4 Å². The SMILES string of the molecule is CC.CC1=C(C)c2ccccc2CC1. The Kier molecular flexibility index (Phi) is 3.94. The number of benzene rings is 1. The molecule has 2 rings (SSSR count). The Morgan fingerprint density at radius 2 is 1.57 bits per heavy atom. The van der Waals surface area contributed by atoms with Crippen LogP contribution >= 0.6 is 0 Å². The van der Waals surface area contributed by atoms with Crippen LogP contribution in [0.5, 0.6) is 0 Å². The molecule has 0 saturated heterocycles. The van der Waals surface area contributed by atoms with E-state index in [0.29, 0.717) is 0 Å². The topological polar surface area (TPSA) is 0 Å². The van der Waals surface area contributed by atoms with Gasteiger partial charge in [0.1, 0.15) is 0 Å². The predicted molar refractivity (Wildman–Crippen MR) is 64.4 cm³/mol. The minimum atomic E-state index is 1.22. The molecular formula is C14H20. The smallest absolute Gasteiger partial charge is 0.0196 e. The predicted octanol–water partition coefficient (Wildman–Crippen LogP) is 4.45. The molecule has 0 amide bonds. The Morgan fingerprint density at radius 1 is 0.929 bits per heavy atom. The van der Waals surface area contributed by atoms with E-state index in [-0.39, 0.29) is 0 Å². The van der Waals surface area contributed by atoms with Crippen LogP contribution < -0.4 is 0 Å². The lowest BCUT2D eigenvalue weighted by Gasteiger charge is -2.18. The molecule has 1 aromatic carbocycles. The molecule has 0 spiro atoms. The quantitative estimate of drug-likeness (QED) is 0.564. The fraction of sp³-hybridized carbons (Fsp3) is 0.429. The van der Waals surface area contributed by atoms with E-state index in [2.05, 4.69) is 38.1 Å². The van der Waals surface area contributed by atoms with Crippen molar-refractivity contribution in [3.8, 4) is 0 Å². The monoisotopic (exact) mass is 188 g/mol. The number of hydrogen-bond acceptors (Lipinski definition) is 0. The van der Waals surface area contributed by atoms with Crippen molar-refractivity contribution >= 4 is 5.57 Å². The van der Waals surface area contributed by atoms with Crippen molar-refractivity contribution in [1.29, 1.82) is 0 Å². The Morgan fingerprint density at radius 3 is 2.29 bits per heavy atom. The summed E-state index contributed by atoms with van der Waals surface area (Å²) < 4.78 is 0. The third-order valence-electron chi connectivity index (χ3n) is 2.83. The second kappa shape index (κ2) is 4.99. The molecule has 0 nitrogen and oxygen atoms in total. The van der Waals surface area contributed by atoms with Gasteiger partial charge < -0.3 is 0 Å². The van der Waals surface area contributed by atoms with Crippen LogP contribution in [0.2, 0.25) is 0 Å². The molecule has 0 unspecified atom stereocenters. The molecule has 0 heteroatoms. The lowest BCUT2D eigenvalue weighted by molar-refractivity contribution is 0.916. The van der Waals surface area contributed by atoms with Gasteiger partial charge in [-0.15, -0.1) is 0 Å². The highest BCUT2D eigenvalue weighted by Gasteiger charge is 2.11. The summed E-state index contributed by atoms with van der Waals surface area (Å²) in [5.74, 6) is 0. The highest BCUT2D eigenvalue weighted by Crippen LogP contribution is 2.29. The van der Waals surface area contributed by atoms with Gasteiger partial charge in [-0.1, -0.05) is 43.7 Å². The van der Waals surface area contributed by atoms with Crippen LogP contribution in [0.15, 0.2) is 29.8 Å². The standard InChI is InChI=1S/C12H14.C2H6/c1-9-7-8-11-5-3-4-6-12(11)10(9)2;1-2/h3-6H,7-8H2,1-2H3;1-2H3. The van der Waals surface area contributed by atoms with Crippen molar-refractivity contribution < 1.29 is 0 Å². The van der Waals surface area contributed by atoms with Crippen LogP contribution in [0.4, 0.5) is 0 Å². The normalized spacial score (nSPS) is 14.3. The molecule has 0 radical (unpaired) electrons. The van der Waals surface area contributed by atoms with E-state index >= 15 is 0 Å². The molecule has 0 heterocycles. The highest BCUT2D eigenvalue weighted by molar-refractivity contribution is 5.71. The molecular weight excluding hydrogens is 168 g/mol. The number of fused-ring (bicyclic) bond motifs is 1. The molecule has 0 fully saturated rings. The number of rotatable bonds is 0. The van der Waals surface area contributed by atoms with Gasteiger partial charge in [0.25, 0.3) is 0 Å². The largest absolute Gasteiger partial charge is 0.0695 e. The maximum absolute atomic E-state index is 2.24. The van der Waals surface area contributed by atoms with Crippen LogP contribution in [0.1, 0.15) is 45.2 Å². The fourth-order valence-electron chi connectivity index (χ4n) is 1.84. The van der Waals surface area contributed by atoms with Crippen molar-refractivity contribution in [1.82, 2.24) is 0 Å². The summed E-state index contributed by atoms with van der Waals surface area (Å²) in [6, 6.07) is 8.73. The van der Waals surface area contributed by atoms with Crippen LogP contribution in [0.25, 0.3) is 5.57 Å². The zero-order chi connectivity index (χ0) is 10.6. The first-order valence-electron chi connectivity index (χ1n) is 5.53. The van der Waals surface area contributed by atoms with Gasteiger partial charge in [-0.3, -0.25) is 0 Å². The molecule has 0 aliphatic heterocycles. The Hall–Kier alpha value is -1.04. The zero-order valence-corrected chi connectivity index (χ0v) is 9.72. The average molecular weight is 188 g/mol. The van der Waals surface area contributed by atoms with Gasteiger partial charge in [-0.25, -0.2) is 0 Å². The van der Waals surface area contributed by atoms with E-state index in [1.54, 1.807) is 5.57 Å². The van der Waals surface area contributed by atoms with Gasteiger partial charge in [-0.2, -0.15) is 0 Å². The van der Waals surface area contributed by atoms with Crippen molar-refractivity contribution in [2.24, 2.45) is 0 Å². The summed E-state index contributed by atoms with van der Waals surface area (Å²) in [5.41, 5.74) is 6.01. The molecule has 14 heavy (non-hydrogen) atoms. The molecule has 0 N–H and O–H groups in total. The van der Waals surface area contributed by atoms with E-state index in [4.69, 9.17) is 0 Å². The van der Waals surface area contributed by atoms with Crippen LogP contribution in [0.3, 0.4) is 0 Å². The Bertz CT molecular complexity index is 332. The van der Waals surface area contributed by atoms with E-state index in [0.717, 1.165) is 0 Å². The first-order valence-corrected chi connectivity index (χ1v) is 5.53. The molecule has 1 aromatic rings. The third kappa shape index (κ3) is 2.06. The third-order valence-corrected chi connectivity index (χ3v) is 2.83. The van der Waals surface area contributed by atoms with E-state index in [1.807, 2.05) is 13.8 Å². The number of aryl methyl sites for hydroxylation is 1. The molecule has 76 valence electrons.